The van der Waals surface area contributed by atoms with Gasteiger partial charge in [-0.1, -0.05) is 0 Å². The molecule has 4 rings (SSSR count). The van der Waals surface area contributed by atoms with E-state index in [2.05, 4.69) is 9.97 Å². The van der Waals surface area contributed by atoms with Crippen LogP contribution in [0.1, 0.15) is 24.4 Å². The lowest BCUT2D eigenvalue weighted by Crippen LogP contribution is -2.48. The summed E-state index contributed by atoms with van der Waals surface area (Å²) >= 11 is 0. The standard InChI is InChI=1S/C23H29N5O4/c1-16-13-21(25-17(2)24-16)32-20-5-4-10-26(14-20)22(29)15-27-11-12-28(23(27)30)18-6-8-19(31-3)9-7-18/h6-9,13,20H,4-5,10-12,14-15H2,1-3H3. The third-order valence-corrected chi connectivity index (χ3v) is 5.77. The summed E-state index contributed by atoms with van der Waals surface area (Å²) in [4.78, 5) is 39.5. The average Bonchev–Trinajstić information content (AvgIpc) is 3.13. The summed E-state index contributed by atoms with van der Waals surface area (Å²) in [5.41, 5.74) is 1.65. The van der Waals surface area contributed by atoms with Crippen LogP contribution in [-0.2, 0) is 4.79 Å². The van der Waals surface area contributed by atoms with Gasteiger partial charge in [0, 0.05) is 37.1 Å². The van der Waals surface area contributed by atoms with Crippen LogP contribution in [0.15, 0.2) is 30.3 Å². The van der Waals surface area contributed by atoms with E-state index < -0.39 is 0 Å². The number of urea groups is 1. The molecule has 1 atom stereocenters. The zero-order chi connectivity index (χ0) is 22.7. The van der Waals surface area contributed by atoms with E-state index in [1.165, 1.54) is 0 Å². The molecule has 170 valence electrons. The third kappa shape index (κ3) is 4.92. The Balaban J connectivity index is 1.33. The highest BCUT2D eigenvalue weighted by atomic mass is 16.5. The van der Waals surface area contributed by atoms with Crippen LogP contribution in [0.3, 0.4) is 0 Å². The van der Waals surface area contributed by atoms with Gasteiger partial charge in [0.25, 0.3) is 0 Å². The molecule has 3 heterocycles. The molecule has 0 bridgehead atoms. The number of likely N-dealkylation sites (tertiary alicyclic amines) is 1. The number of aromatic nitrogens is 2. The van der Waals surface area contributed by atoms with Gasteiger partial charge in [0.05, 0.1) is 13.7 Å². The number of hydrogen-bond acceptors (Lipinski definition) is 6. The Morgan fingerprint density at radius 1 is 1.12 bits per heavy atom. The lowest BCUT2D eigenvalue weighted by molar-refractivity contribution is -0.134. The van der Waals surface area contributed by atoms with Gasteiger partial charge in [-0.25, -0.2) is 9.78 Å². The van der Waals surface area contributed by atoms with Crippen molar-refractivity contribution >= 4 is 17.6 Å². The van der Waals surface area contributed by atoms with Crippen LogP contribution in [0.25, 0.3) is 0 Å². The fraction of sp³-hybridized carbons (Fsp3) is 0.478. The molecule has 0 radical (unpaired) electrons. The first-order valence-corrected chi connectivity index (χ1v) is 10.9. The van der Waals surface area contributed by atoms with E-state index in [0.717, 1.165) is 30.0 Å². The first-order valence-electron chi connectivity index (χ1n) is 10.9. The Labute approximate surface area is 187 Å². The second-order valence-corrected chi connectivity index (χ2v) is 8.17. The largest absolute Gasteiger partial charge is 0.497 e. The van der Waals surface area contributed by atoms with E-state index in [1.807, 2.05) is 44.2 Å². The molecule has 1 unspecified atom stereocenters. The summed E-state index contributed by atoms with van der Waals surface area (Å²) in [7, 11) is 1.61. The number of benzene rings is 1. The van der Waals surface area contributed by atoms with Crippen LogP contribution in [0.2, 0.25) is 0 Å². The minimum Gasteiger partial charge on any atom is -0.497 e. The molecule has 2 saturated heterocycles. The molecule has 0 aliphatic carbocycles. The molecule has 0 spiro atoms. The van der Waals surface area contributed by atoms with Gasteiger partial charge in [0.1, 0.15) is 24.2 Å². The summed E-state index contributed by atoms with van der Waals surface area (Å²) < 4.78 is 11.2. The number of hydrogen-bond donors (Lipinski definition) is 0. The monoisotopic (exact) mass is 439 g/mol. The number of nitrogens with zero attached hydrogens (tertiary/aromatic N) is 5. The molecular weight excluding hydrogens is 410 g/mol. The first kappa shape index (κ1) is 21.9. The van der Waals surface area contributed by atoms with Crippen molar-refractivity contribution in [1.29, 1.82) is 0 Å². The van der Waals surface area contributed by atoms with E-state index in [-0.39, 0.29) is 24.6 Å². The first-order chi connectivity index (χ1) is 15.4. The number of anilines is 1. The number of carbonyl (C=O) groups excluding carboxylic acids is 2. The highest BCUT2D eigenvalue weighted by Crippen LogP contribution is 2.24. The number of ether oxygens (including phenoxy) is 2. The summed E-state index contributed by atoms with van der Waals surface area (Å²) in [5, 5.41) is 0. The molecule has 0 N–H and O–H groups in total. The zero-order valence-corrected chi connectivity index (χ0v) is 18.8. The number of piperidine rings is 1. The van der Waals surface area contributed by atoms with Gasteiger partial charge in [-0.3, -0.25) is 9.69 Å². The van der Waals surface area contributed by atoms with Crippen LogP contribution in [-0.4, -0.2) is 77.6 Å². The van der Waals surface area contributed by atoms with E-state index in [0.29, 0.717) is 37.9 Å². The Kier molecular flexibility index (Phi) is 6.43. The third-order valence-electron chi connectivity index (χ3n) is 5.77. The van der Waals surface area contributed by atoms with Gasteiger partial charge in [-0.15, -0.1) is 0 Å². The fourth-order valence-electron chi connectivity index (χ4n) is 4.17. The topological polar surface area (TPSA) is 88.1 Å². The van der Waals surface area contributed by atoms with Crippen molar-refractivity contribution in [2.75, 3.05) is 44.7 Å². The molecule has 32 heavy (non-hydrogen) atoms. The van der Waals surface area contributed by atoms with Crippen molar-refractivity contribution in [3.8, 4) is 11.6 Å². The quantitative estimate of drug-likeness (QED) is 0.687. The van der Waals surface area contributed by atoms with Crippen LogP contribution >= 0.6 is 0 Å². The van der Waals surface area contributed by atoms with E-state index in [4.69, 9.17) is 9.47 Å². The van der Waals surface area contributed by atoms with Crippen molar-refractivity contribution in [2.45, 2.75) is 32.8 Å². The predicted molar refractivity (Wildman–Crippen MR) is 119 cm³/mol. The maximum Gasteiger partial charge on any atom is 0.325 e. The van der Waals surface area contributed by atoms with Crippen molar-refractivity contribution < 1.29 is 19.1 Å². The number of rotatable bonds is 6. The molecule has 2 aliphatic rings. The van der Waals surface area contributed by atoms with Gasteiger partial charge in [0.2, 0.25) is 11.8 Å². The van der Waals surface area contributed by atoms with E-state index in [9.17, 15) is 9.59 Å². The minimum absolute atomic E-state index is 0.0571. The predicted octanol–water partition coefficient (Wildman–Crippen LogP) is 2.41. The molecule has 2 aromatic rings. The fourth-order valence-corrected chi connectivity index (χ4v) is 4.17. The Hall–Kier alpha value is -3.36. The van der Waals surface area contributed by atoms with Gasteiger partial charge >= 0.3 is 6.03 Å². The lowest BCUT2D eigenvalue weighted by Gasteiger charge is -2.33. The Morgan fingerprint density at radius 2 is 1.91 bits per heavy atom. The molecule has 2 fully saturated rings. The van der Waals surface area contributed by atoms with E-state index in [1.54, 1.807) is 21.8 Å². The molecule has 9 nitrogen and oxygen atoms in total. The molecule has 1 aromatic carbocycles. The summed E-state index contributed by atoms with van der Waals surface area (Å²) in [6.45, 7) is 6.04. The maximum absolute atomic E-state index is 12.9. The maximum atomic E-state index is 12.9. The van der Waals surface area contributed by atoms with Gasteiger partial charge in [-0.2, -0.15) is 4.98 Å². The number of aryl methyl sites for hydroxylation is 2. The number of methoxy groups -OCH3 is 1. The Morgan fingerprint density at radius 3 is 2.62 bits per heavy atom. The van der Waals surface area contributed by atoms with Gasteiger partial charge in [0.15, 0.2) is 0 Å². The molecular formula is C23H29N5O4. The molecule has 1 aromatic heterocycles. The van der Waals surface area contributed by atoms with Crippen molar-refractivity contribution in [1.82, 2.24) is 19.8 Å². The average molecular weight is 440 g/mol. The molecule has 9 heteroatoms. The van der Waals surface area contributed by atoms with Crippen LogP contribution in [0.4, 0.5) is 10.5 Å². The van der Waals surface area contributed by atoms with Crippen LogP contribution in [0, 0.1) is 13.8 Å². The molecule has 0 saturated carbocycles. The summed E-state index contributed by atoms with van der Waals surface area (Å²) in [6, 6.07) is 9.01. The second-order valence-electron chi connectivity index (χ2n) is 8.17. The number of carbonyl (C=O) groups is 2. The lowest BCUT2D eigenvalue weighted by atomic mass is 10.1. The van der Waals surface area contributed by atoms with Gasteiger partial charge in [-0.05, 0) is 51.0 Å². The van der Waals surface area contributed by atoms with E-state index >= 15 is 0 Å². The SMILES string of the molecule is COc1ccc(N2CCN(CC(=O)N3CCCC(Oc4cc(C)nc(C)n4)C3)C2=O)cc1. The molecule has 3 amide bonds. The van der Waals surface area contributed by atoms with Crippen molar-refractivity contribution in [2.24, 2.45) is 0 Å². The highest BCUT2D eigenvalue weighted by Gasteiger charge is 2.33. The smallest absolute Gasteiger partial charge is 0.325 e. The Bertz CT molecular complexity index is 961. The summed E-state index contributed by atoms with van der Waals surface area (Å²) in [5.74, 6) is 1.89. The zero-order valence-electron chi connectivity index (χ0n) is 18.8. The normalized spacial score (nSPS) is 18.8. The summed E-state index contributed by atoms with van der Waals surface area (Å²) in [6.07, 6.45) is 1.59. The van der Waals surface area contributed by atoms with Crippen LogP contribution in [0.5, 0.6) is 11.6 Å². The van der Waals surface area contributed by atoms with Crippen molar-refractivity contribution in [3.63, 3.8) is 0 Å². The van der Waals surface area contributed by atoms with Crippen LogP contribution < -0.4 is 14.4 Å². The highest BCUT2D eigenvalue weighted by molar-refractivity contribution is 5.96. The van der Waals surface area contributed by atoms with Crippen molar-refractivity contribution in [3.05, 3.63) is 41.9 Å². The van der Waals surface area contributed by atoms with Gasteiger partial charge < -0.3 is 19.3 Å². The minimum atomic E-state index is -0.153. The second kappa shape index (κ2) is 9.42. The number of amides is 3. The molecule has 2 aliphatic heterocycles.